The lowest BCUT2D eigenvalue weighted by Crippen LogP contribution is -2.37. The number of nitrogens with zero attached hydrogens (tertiary/aromatic N) is 2. The van der Waals surface area contributed by atoms with E-state index in [2.05, 4.69) is 48.2 Å². The number of nitrogens with one attached hydrogen (secondary N) is 1. The fourth-order valence-corrected chi connectivity index (χ4v) is 2.40. The van der Waals surface area contributed by atoms with Gasteiger partial charge in [0.05, 0.1) is 6.10 Å². The summed E-state index contributed by atoms with van der Waals surface area (Å²) in [6, 6.07) is 4.70. The van der Waals surface area contributed by atoms with Crippen molar-refractivity contribution in [3.63, 3.8) is 0 Å². The minimum Gasteiger partial charge on any atom is -0.393 e. The Bertz CT molecular complexity index is 385. The van der Waals surface area contributed by atoms with E-state index in [-0.39, 0.29) is 6.10 Å². The van der Waals surface area contributed by atoms with Crippen LogP contribution in [0.1, 0.15) is 32.3 Å². The molecule has 2 N–H and O–H groups in total. The topological polar surface area (TPSA) is 48.4 Å². The SMILES string of the molecule is CC(C)NCc1ccc(N(C)CC2CC(O)C2)nc1. The van der Waals surface area contributed by atoms with Crippen LogP contribution in [0.2, 0.25) is 0 Å². The minimum absolute atomic E-state index is 0.0733. The quantitative estimate of drug-likeness (QED) is 0.821. The van der Waals surface area contributed by atoms with Crippen molar-refractivity contribution in [1.82, 2.24) is 10.3 Å². The summed E-state index contributed by atoms with van der Waals surface area (Å²) in [4.78, 5) is 6.69. The Labute approximate surface area is 115 Å². The molecule has 4 nitrogen and oxygen atoms in total. The van der Waals surface area contributed by atoms with Gasteiger partial charge in [-0.3, -0.25) is 0 Å². The molecule has 1 heterocycles. The third-order valence-corrected chi connectivity index (χ3v) is 3.66. The molecule has 1 aliphatic carbocycles. The van der Waals surface area contributed by atoms with Crippen LogP contribution in [-0.2, 0) is 6.54 Å². The van der Waals surface area contributed by atoms with Crippen molar-refractivity contribution in [2.75, 3.05) is 18.5 Å². The average Bonchev–Trinajstić information content (AvgIpc) is 2.35. The van der Waals surface area contributed by atoms with Crippen molar-refractivity contribution < 1.29 is 5.11 Å². The molecule has 2 rings (SSSR count). The number of hydrogen-bond donors (Lipinski definition) is 2. The van der Waals surface area contributed by atoms with Crippen LogP contribution in [0.25, 0.3) is 0 Å². The molecule has 1 saturated carbocycles. The maximum absolute atomic E-state index is 9.30. The molecule has 1 aliphatic rings. The van der Waals surface area contributed by atoms with Crippen molar-refractivity contribution in [2.45, 2.75) is 45.4 Å². The zero-order chi connectivity index (χ0) is 13.8. The first-order valence-electron chi connectivity index (χ1n) is 7.12. The molecule has 0 bridgehead atoms. The van der Waals surface area contributed by atoms with Crippen LogP contribution in [-0.4, -0.2) is 35.8 Å². The summed E-state index contributed by atoms with van der Waals surface area (Å²) in [5, 5.41) is 12.7. The summed E-state index contributed by atoms with van der Waals surface area (Å²) in [6.07, 6.45) is 3.73. The molecule has 1 aromatic rings. The number of anilines is 1. The van der Waals surface area contributed by atoms with E-state index in [1.807, 2.05) is 6.20 Å². The predicted octanol–water partition coefficient (Wildman–Crippen LogP) is 1.79. The van der Waals surface area contributed by atoms with Gasteiger partial charge in [-0.1, -0.05) is 19.9 Å². The Hall–Kier alpha value is -1.13. The van der Waals surface area contributed by atoms with Gasteiger partial charge in [0, 0.05) is 32.4 Å². The van der Waals surface area contributed by atoms with Gasteiger partial charge in [-0.25, -0.2) is 4.98 Å². The first kappa shape index (κ1) is 14.3. The third kappa shape index (κ3) is 4.18. The van der Waals surface area contributed by atoms with Crippen molar-refractivity contribution in [3.05, 3.63) is 23.9 Å². The summed E-state index contributed by atoms with van der Waals surface area (Å²) in [5.74, 6) is 1.62. The molecule has 0 radical (unpaired) electrons. The van der Waals surface area contributed by atoms with Crippen LogP contribution in [0.15, 0.2) is 18.3 Å². The monoisotopic (exact) mass is 263 g/mol. The molecule has 0 unspecified atom stereocenters. The lowest BCUT2D eigenvalue weighted by Gasteiger charge is -2.34. The molecule has 0 amide bonds. The molecule has 0 aromatic carbocycles. The Kier molecular flexibility index (Phi) is 4.77. The van der Waals surface area contributed by atoms with Crippen LogP contribution >= 0.6 is 0 Å². The first-order chi connectivity index (χ1) is 9.04. The highest BCUT2D eigenvalue weighted by atomic mass is 16.3. The van der Waals surface area contributed by atoms with Gasteiger partial charge in [0.15, 0.2) is 0 Å². The lowest BCUT2D eigenvalue weighted by molar-refractivity contribution is 0.0464. The maximum atomic E-state index is 9.30. The minimum atomic E-state index is -0.0733. The molecule has 0 saturated heterocycles. The van der Waals surface area contributed by atoms with E-state index in [1.54, 1.807) is 0 Å². The van der Waals surface area contributed by atoms with Crippen molar-refractivity contribution in [1.29, 1.82) is 0 Å². The van der Waals surface area contributed by atoms with E-state index in [0.29, 0.717) is 12.0 Å². The standard InChI is InChI=1S/C15H25N3O/c1-11(2)16-8-12-4-5-15(17-9-12)18(3)10-13-6-14(19)7-13/h4-5,9,11,13-14,16,19H,6-8,10H2,1-3H3. The molecular weight excluding hydrogens is 238 g/mol. The number of rotatable bonds is 6. The van der Waals surface area contributed by atoms with Gasteiger partial charge in [0.25, 0.3) is 0 Å². The zero-order valence-electron chi connectivity index (χ0n) is 12.1. The van der Waals surface area contributed by atoms with Gasteiger partial charge in [-0.2, -0.15) is 0 Å². The summed E-state index contributed by atoms with van der Waals surface area (Å²) in [6.45, 7) is 6.13. The van der Waals surface area contributed by atoms with Gasteiger partial charge in [-0.05, 0) is 30.4 Å². The maximum Gasteiger partial charge on any atom is 0.128 e. The van der Waals surface area contributed by atoms with Gasteiger partial charge in [0.2, 0.25) is 0 Å². The highest BCUT2D eigenvalue weighted by Crippen LogP contribution is 2.28. The van der Waals surface area contributed by atoms with E-state index < -0.39 is 0 Å². The Morgan fingerprint density at radius 1 is 1.42 bits per heavy atom. The highest BCUT2D eigenvalue weighted by molar-refractivity contribution is 5.38. The second-order valence-electron chi connectivity index (χ2n) is 5.93. The third-order valence-electron chi connectivity index (χ3n) is 3.66. The molecule has 1 fully saturated rings. The van der Waals surface area contributed by atoms with Crippen LogP contribution in [0.3, 0.4) is 0 Å². The molecule has 0 atom stereocenters. The van der Waals surface area contributed by atoms with Gasteiger partial charge in [-0.15, -0.1) is 0 Å². The van der Waals surface area contributed by atoms with Crippen molar-refractivity contribution >= 4 is 5.82 Å². The Morgan fingerprint density at radius 3 is 2.68 bits per heavy atom. The number of aromatic nitrogens is 1. The molecule has 0 aliphatic heterocycles. The van der Waals surface area contributed by atoms with E-state index in [4.69, 9.17) is 0 Å². The highest BCUT2D eigenvalue weighted by Gasteiger charge is 2.28. The van der Waals surface area contributed by atoms with Gasteiger partial charge in [0.1, 0.15) is 5.82 Å². The summed E-state index contributed by atoms with van der Waals surface area (Å²) >= 11 is 0. The first-order valence-corrected chi connectivity index (χ1v) is 7.12. The zero-order valence-corrected chi connectivity index (χ0v) is 12.1. The van der Waals surface area contributed by atoms with Crippen LogP contribution in [0.4, 0.5) is 5.82 Å². The number of aliphatic hydroxyl groups excluding tert-OH is 1. The van der Waals surface area contributed by atoms with Crippen molar-refractivity contribution in [3.8, 4) is 0 Å². The predicted molar refractivity (Wildman–Crippen MR) is 78.2 cm³/mol. The van der Waals surface area contributed by atoms with E-state index in [9.17, 15) is 5.11 Å². The van der Waals surface area contributed by atoms with E-state index in [0.717, 1.165) is 31.7 Å². The molecule has 0 spiro atoms. The fourth-order valence-electron chi connectivity index (χ4n) is 2.40. The molecular formula is C15H25N3O. The lowest BCUT2D eigenvalue weighted by atomic mass is 9.82. The molecule has 106 valence electrons. The second-order valence-corrected chi connectivity index (χ2v) is 5.93. The number of hydrogen-bond acceptors (Lipinski definition) is 4. The number of pyridine rings is 1. The fraction of sp³-hybridized carbons (Fsp3) is 0.667. The summed E-state index contributed by atoms with van der Waals surface area (Å²) < 4.78 is 0. The van der Waals surface area contributed by atoms with Crippen LogP contribution in [0, 0.1) is 5.92 Å². The van der Waals surface area contributed by atoms with Crippen LogP contribution in [0.5, 0.6) is 0 Å². The smallest absolute Gasteiger partial charge is 0.128 e. The largest absolute Gasteiger partial charge is 0.393 e. The molecule has 19 heavy (non-hydrogen) atoms. The summed E-state index contributed by atoms with van der Waals surface area (Å²) in [5.41, 5.74) is 1.21. The van der Waals surface area contributed by atoms with Crippen LogP contribution < -0.4 is 10.2 Å². The van der Waals surface area contributed by atoms with Gasteiger partial charge >= 0.3 is 0 Å². The Balaban J connectivity index is 1.83. The van der Waals surface area contributed by atoms with Crippen molar-refractivity contribution in [2.24, 2.45) is 5.92 Å². The van der Waals surface area contributed by atoms with E-state index in [1.165, 1.54) is 5.56 Å². The average molecular weight is 263 g/mol. The van der Waals surface area contributed by atoms with Gasteiger partial charge < -0.3 is 15.3 Å². The Morgan fingerprint density at radius 2 is 2.16 bits per heavy atom. The van der Waals surface area contributed by atoms with E-state index >= 15 is 0 Å². The normalized spacial score (nSPS) is 22.4. The molecule has 4 heteroatoms. The summed E-state index contributed by atoms with van der Waals surface area (Å²) in [7, 11) is 2.07. The molecule has 1 aromatic heterocycles. The number of aliphatic hydroxyl groups is 1. The second kappa shape index (κ2) is 6.35.